The van der Waals surface area contributed by atoms with Gasteiger partial charge in [0.15, 0.2) is 0 Å². The van der Waals surface area contributed by atoms with Gasteiger partial charge in [0.1, 0.15) is 0 Å². The Kier molecular flexibility index (Phi) is 6.59. The van der Waals surface area contributed by atoms with Gasteiger partial charge in [-0.15, -0.1) is 11.5 Å². The third-order valence-electron chi connectivity index (χ3n) is 1.08. The summed E-state index contributed by atoms with van der Waals surface area (Å²) in [7, 11) is 1.05. The Labute approximate surface area is 55.1 Å². The van der Waals surface area contributed by atoms with Crippen LogP contribution in [0.3, 0.4) is 0 Å². The number of hydrogen-bond acceptors (Lipinski definition) is 0. The maximum Gasteiger partial charge on any atom is 0.0906 e. The Balaban J connectivity index is 2.79. The Bertz CT molecular complexity index is 86.3. The summed E-state index contributed by atoms with van der Waals surface area (Å²) in [6.45, 7) is 2.22. The zero-order chi connectivity index (χ0) is 6.24. The number of rotatable bonds is 3. The van der Waals surface area contributed by atoms with E-state index in [2.05, 4.69) is 18.4 Å². The van der Waals surface area contributed by atoms with Crippen LogP contribution < -0.4 is 0 Å². The highest BCUT2D eigenvalue weighted by atomic mass is 28.1. The van der Waals surface area contributed by atoms with Gasteiger partial charge in [-0.1, -0.05) is 19.8 Å². The van der Waals surface area contributed by atoms with E-state index in [1.54, 1.807) is 0 Å². The summed E-state index contributed by atoms with van der Waals surface area (Å²) < 4.78 is 0. The normalized spacial score (nSPS) is 8.12. The van der Waals surface area contributed by atoms with Crippen molar-refractivity contribution >= 4 is 10.2 Å². The summed E-state index contributed by atoms with van der Waals surface area (Å²) in [5, 5.41) is 0. The van der Waals surface area contributed by atoms with E-state index in [1.807, 2.05) is 0 Å². The molecule has 0 saturated heterocycles. The third kappa shape index (κ3) is 5.78. The largest absolute Gasteiger partial charge is 0.144 e. The third-order valence-corrected chi connectivity index (χ3v) is 1.44. The summed E-state index contributed by atoms with van der Waals surface area (Å²) in [5.74, 6) is 3.09. The van der Waals surface area contributed by atoms with Crippen LogP contribution in [0.5, 0.6) is 0 Å². The average Bonchev–Trinajstić information content (AvgIpc) is 1.81. The zero-order valence-corrected chi connectivity index (χ0v) is 7.83. The Hall–Kier alpha value is -0.223. The highest BCUT2D eigenvalue weighted by Crippen LogP contribution is 1.95. The molecule has 0 heterocycles. The summed E-state index contributed by atoms with van der Waals surface area (Å²) >= 11 is 0. The van der Waals surface area contributed by atoms with Gasteiger partial charge in [0, 0.05) is 6.42 Å². The fraction of sp³-hybridized carbons (Fsp3) is 0.714. The van der Waals surface area contributed by atoms with Gasteiger partial charge in [-0.05, 0) is 6.42 Å². The van der Waals surface area contributed by atoms with Crippen LogP contribution in [0.2, 0.25) is 0 Å². The predicted octanol–water partition coefficient (Wildman–Crippen LogP) is 0.893. The monoisotopic (exact) mass is 126 g/mol. The van der Waals surface area contributed by atoms with Gasteiger partial charge >= 0.3 is 0 Å². The van der Waals surface area contributed by atoms with Crippen LogP contribution in [0, 0.1) is 11.5 Å². The molecule has 0 aromatic rings. The van der Waals surface area contributed by atoms with Gasteiger partial charge in [-0.3, -0.25) is 0 Å². The van der Waals surface area contributed by atoms with E-state index in [1.165, 1.54) is 19.3 Å². The molecule has 0 aliphatic carbocycles. The summed E-state index contributed by atoms with van der Waals surface area (Å²) in [6.07, 6.45) is 5.07. The number of hydrogen-bond donors (Lipinski definition) is 0. The summed E-state index contributed by atoms with van der Waals surface area (Å²) in [6, 6.07) is 0. The van der Waals surface area contributed by atoms with Crippen LogP contribution >= 0.6 is 0 Å². The molecular formula is C7H14Si. The van der Waals surface area contributed by atoms with Crippen molar-refractivity contribution in [1.82, 2.24) is 0 Å². The molecule has 0 amide bonds. The van der Waals surface area contributed by atoms with E-state index >= 15 is 0 Å². The fourth-order valence-corrected chi connectivity index (χ4v) is 0.838. The van der Waals surface area contributed by atoms with Gasteiger partial charge in [0.25, 0.3) is 0 Å². The maximum absolute atomic E-state index is 3.09. The lowest BCUT2D eigenvalue weighted by Crippen LogP contribution is -1.70. The lowest BCUT2D eigenvalue weighted by atomic mass is 10.2. The molecule has 0 aliphatic heterocycles. The van der Waals surface area contributed by atoms with Crippen molar-refractivity contribution in [3.63, 3.8) is 0 Å². The molecule has 46 valence electrons. The van der Waals surface area contributed by atoms with E-state index in [0.29, 0.717) is 0 Å². The van der Waals surface area contributed by atoms with Gasteiger partial charge < -0.3 is 0 Å². The molecule has 0 nitrogen and oxygen atoms in total. The van der Waals surface area contributed by atoms with Crippen LogP contribution in [-0.2, 0) is 0 Å². The van der Waals surface area contributed by atoms with Gasteiger partial charge in [0.05, 0.1) is 10.2 Å². The minimum atomic E-state index is 1.05. The topological polar surface area (TPSA) is 0 Å². The van der Waals surface area contributed by atoms with E-state index in [-0.39, 0.29) is 0 Å². The molecule has 0 fully saturated rings. The standard InChI is InChI=1S/C7H14Si/c1-2-3-4-5-6-7-8/h2-5H2,1,8H3. The first-order chi connectivity index (χ1) is 3.91. The van der Waals surface area contributed by atoms with Gasteiger partial charge in [-0.2, -0.15) is 0 Å². The fourth-order valence-electron chi connectivity index (χ4n) is 0.588. The highest BCUT2D eigenvalue weighted by Gasteiger charge is 1.78. The Morgan fingerprint density at radius 1 is 1.38 bits per heavy atom. The molecule has 0 unspecified atom stereocenters. The first-order valence-electron chi connectivity index (χ1n) is 3.31. The Morgan fingerprint density at radius 3 is 2.62 bits per heavy atom. The lowest BCUT2D eigenvalue weighted by molar-refractivity contribution is 0.737. The van der Waals surface area contributed by atoms with E-state index in [4.69, 9.17) is 0 Å². The Morgan fingerprint density at radius 2 is 2.12 bits per heavy atom. The van der Waals surface area contributed by atoms with Crippen LogP contribution in [0.25, 0.3) is 0 Å². The first kappa shape index (κ1) is 7.78. The van der Waals surface area contributed by atoms with Gasteiger partial charge in [0.2, 0.25) is 0 Å². The maximum atomic E-state index is 3.09. The molecule has 0 saturated carbocycles. The summed E-state index contributed by atoms with van der Waals surface area (Å²) in [4.78, 5) is 0. The van der Waals surface area contributed by atoms with Crippen molar-refractivity contribution in [1.29, 1.82) is 0 Å². The van der Waals surface area contributed by atoms with Crippen molar-refractivity contribution in [2.45, 2.75) is 32.6 Å². The molecule has 0 aromatic carbocycles. The highest BCUT2D eigenvalue weighted by molar-refractivity contribution is 6.22. The van der Waals surface area contributed by atoms with E-state index in [9.17, 15) is 0 Å². The van der Waals surface area contributed by atoms with Crippen LogP contribution in [0.4, 0.5) is 0 Å². The van der Waals surface area contributed by atoms with Crippen LogP contribution in [0.15, 0.2) is 0 Å². The second-order valence-corrected chi connectivity index (χ2v) is 2.38. The molecule has 0 atom stereocenters. The molecule has 1 heteroatoms. The van der Waals surface area contributed by atoms with Gasteiger partial charge in [-0.25, -0.2) is 0 Å². The van der Waals surface area contributed by atoms with Crippen LogP contribution in [0.1, 0.15) is 32.6 Å². The molecule has 0 spiro atoms. The SMILES string of the molecule is CCCCCC#C[SiH3]. The second kappa shape index (κ2) is 6.78. The molecule has 0 rings (SSSR count). The molecule has 0 N–H and O–H groups in total. The van der Waals surface area contributed by atoms with E-state index < -0.39 is 0 Å². The minimum absolute atomic E-state index is 1.05. The molecule has 0 aromatic heterocycles. The number of unbranched alkanes of at least 4 members (excludes halogenated alkanes) is 3. The van der Waals surface area contributed by atoms with Crippen LogP contribution in [-0.4, -0.2) is 10.2 Å². The summed E-state index contributed by atoms with van der Waals surface area (Å²) in [5.41, 5.74) is 3.02. The van der Waals surface area contributed by atoms with Crippen molar-refractivity contribution in [2.24, 2.45) is 0 Å². The van der Waals surface area contributed by atoms with Crippen molar-refractivity contribution in [3.05, 3.63) is 0 Å². The quantitative estimate of drug-likeness (QED) is 0.299. The molecule has 0 bridgehead atoms. The molecule has 0 radical (unpaired) electrons. The lowest BCUT2D eigenvalue weighted by Gasteiger charge is -1.86. The van der Waals surface area contributed by atoms with Crippen molar-refractivity contribution in [2.75, 3.05) is 0 Å². The first-order valence-corrected chi connectivity index (χ1v) is 4.31. The average molecular weight is 126 g/mol. The predicted molar refractivity (Wildman–Crippen MR) is 41.9 cm³/mol. The van der Waals surface area contributed by atoms with Crippen molar-refractivity contribution in [3.8, 4) is 11.5 Å². The van der Waals surface area contributed by atoms with E-state index in [0.717, 1.165) is 16.7 Å². The smallest absolute Gasteiger partial charge is 0.0906 e. The molecular weight excluding hydrogens is 112 g/mol. The zero-order valence-electron chi connectivity index (χ0n) is 5.83. The molecule has 8 heavy (non-hydrogen) atoms. The van der Waals surface area contributed by atoms with Crippen molar-refractivity contribution < 1.29 is 0 Å². The minimum Gasteiger partial charge on any atom is -0.144 e. The second-order valence-electron chi connectivity index (χ2n) is 1.88. The molecule has 0 aliphatic rings.